The molecule has 14 heavy (non-hydrogen) atoms. The molecule has 0 atom stereocenters. The number of ether oxygens (including phenoxy) is 1. The number of methoxy groups -OCH3 is 1. The molecule has 1 rings (SSSR count). The van der Waals surface area contributed by atoms with Crippen LogP contribution >= 0.6 is 22.6 Å². The minimum Gasteiger partial charge on any atom is -0.496 e. The van der Waals surface area contributed by atoms with Crippen molar-refractivity contribution >= 4 is 28.4 Å². The van der Waals surface area contributed by atoms with E-state index < -0.39 is 0 Å². The minimum atomic E-state index is -0.121. The van der Waals surface area contributed by atoms with Gasteiger partial charge < -0.3 is 4.74 Å². The van der Waals surface area contributed by atoms with Crippen LogP contribution in [0.15, 0.2) is 12.1 Å². The van der Waals surface area contributed by atoms with Crippen LogP contribution in [0.4, 0.5) is 0 Å². The Morgan fingerprint density at radius 3 is 2.64 bits per heavy atom. The van der Waals surface area contributed by atoms with Crippen LogP contribution in [0.1, 0.15) is 22.8 Å². The van der Waals surface area contributed by atoms with E-state index in [0.29, 0.717) is 20.4 Å². The fourth-order valence-corrected chi connectivity index (χ4v) is 2.22. The predicted octanol–water partition coefficient (Wildman–Crippen LogP) is 2.37. The lowest BCUT2D eigenvalue weighted by molar-refractivity contribution is 0.101. The molecule has 0 N–H and O–H groups in total. The van der Waals surface area contributed by atoms with Crippen molar-refractivity contribution in [3.8, 4) is 11.8 Å². The summed E-state index contributed by atoms with van der Waals surface area (Å²) in [5.74, 6) is 0.500. The first kappa shape index (κ1) is 11.0. The van der Waals surface area contributed by atoms with Crippen LogP contribution in [0.2, 0.25) is 0 Å². The molecule has 0 spiro atoms. The number of halogens is 1. The van der Waals surface area contributed by atoms with Crippen LogP contribution in [0.25, 0.3) is 0 Å². The molecule has 0 aromatic heterocycles. The monoisotopic (exact) mass is 301 g/mol. The van der Waals surface area contributed by atoms with Gasteiger partial charge in [0.1, 0.15) is 5.75 Å². The van der Waals surface area contributed by atoms with Crippen molar-refractivity contribution in [3.05, 3.63) is 26.8 Å². The number of ketones is 1. The van der Waals surface area contributed by atoms with Gasteiger partial charge in [-0.25, -0.2) is 0 Å². The summed E-state index contributed by atoms with van der Waals surface area (Å²) in [4.78, 5) is 11.3. The fourth-order valence-electron chi connectivity index (χ4n) is 1.15. The fraction of sp³-hybridized carbons (Fsp3) is 0.200. The Labute approximate surface area is 95.8 Å². The molecule has 0 saturated carbocycles. The standard InChI is InChI=1S/C10H8INO2/c1-6(13)9-7(5-12)3-4-8(14-2)10(9)11/h3-4H,1-2H3. The number of hydrogen-bond donors (Lipinski definition) is 0. The van der Waals surface area contributed by atoms with Crippen LogP contribution in [-0.2, 0) is 0 Å². The highest BCUT2D eigenvalue weighted by molar-refractivity contribution is 14.1. The van der Waals surface area contributed by atoms with Crippen LogP contribution in [-0.4, -0.2) is 12.9 Å². The second kappa shape index (κ2) is 4.42. The van der Waals surface area contributed by atoms with Gasteiger partial charge in [-0.1, -0.05) is 0 Å². The molecule has 0 aliphatic rings. The van der Waals surface area contributed by atoms with Crippen LogP contribution in [0, 0.1) is 14.9 Å². The summed E-state index contributed by atoms with van der Waals surface area (Å²) in [6.07, 6.45) is 0. The molecule has 0 fully saturated rings. The van der Waals surface area contributed by atoms with Gasteiger partial charge in [0, 0.05) is 0 Å². The van der Waals surface area contributed by atoms with E-state index in [0.717, 1.165) is 0 Å². The van der Waals surface area contributed by atoms with E-state index in [9.17, 15) is 4.79 Å². The summed E-state index contributed by atoms with van der Waals surface area (Å²) in [5, 5.41) is 8.81. The summed E-state index contributed by atoms with van der Waals surface area (Å²) < 4.78 is 5.76. The Kier molecular flexibility index (Phi) is 3.47. The SMILES string of the molecule is COc1ccc(C#N)c(C(C)=O)c1I. The lowest BCUT2D eigenvalue weighted by Gasteiger charge is -2.07. The minimum absolute atomic E-state index is 0.121. The van der Waals surface area contributed by atoms with E-state index in [1.54, 1.807) is 12.1 Å². The summed E-state index contributed by atoms with van der Waals surface area (Å²) >= 11 is 2.01. The molecule has 1 aromatic carbocycles. The van der Waals surface area contributed by atoms with Gasteiger partial charge in [-0.15, -0.1) is 0 Å². The second-order valence-electron chi connectivity index (χ2n) is 2.67. The molecule has 0 aliphatic carbocycles. The van der Waals surface area contributed by atoms with Gasteiger partial charge in [-0.05, 0) is 41.6 Å². The molecule has 0 saturated heterocycles. The molecular formula is C10H8INO2. The van der Waals surface area contributed by atoms with Gasteiger partial charge in [0.05, 0.1) is 27.9 Å². The lowest BCUT2D eigenvalue weighted by Crippen LogP contribution is -2.02. The maximum atomic E-state index is 11.3. The highest BCUT2D eigenvalue weighted by atomic mass is 127. The molecule has 0 amide bonds. The topological polar surface area (TPSA) is 50.1 Å². The smallest absolute Gasteiger partial charge is 0.162 e. The Bertz CT molecular complexity index is 421. The van der Waals surface area contributed by atoms with Crippen molar-refractivity contribution in [2.75, 3.05) is 7.11 Å². The van der Waals surface area contributed by atoms with E-state index in [-0.39, 0.29) is 5.78 Å². The first-order valence-electron chi connectivity index (χ1n) is 3.89. The zero-order chi connectivity index (χ0) is 10.7. The number of carbonyl (C=O) groups is 1. The van der Waals surface area contributed by atoms with Gasteiger partial charge in [0.2, 0.25) is 0 Å². The van der Waals surface area contributed by atoms with Crippen molar-refractivity contribution in [1.82, 2.24) is 0 Å². The quantitative estimate of drug-likeness (QED) is 0.622. The molecule has 0 radical (unpaired) electrons. The van der Waals surface area contributed by atoms with E-state index in [4.69, 9.17) is 10.00 Å². The third-order valence-electron chi connectivity index (χ3n) is 1.80. The number of benzene rings is 1. The van der Waals surface area contributed by atoms with Crippen molar-refractivity contribution < 1.29 is 9.53 Å². The molecule has 0 aliphatic heterocycles. The summed E-state index contributed by atoms with van der Waals surface area (Å²) in [6, 6.07) is 5.27. The van der Waals surface area contributed by atoms with Gasteiger partial charge in [-0.3, -0.25) is 4.79 Å². The first-order valence-corrected chi connectivity index (χ1v) is 4.97. The van der Waals surface area contributed by atoms with E-state index >= 15 is 0 Å². The zero-order valence-corrected chi connectivity index (χ0v) is 9.95. The Morgan fingerprint density at radius 2 is 2.21 bits per heavy atom. The molecule has 3 nitrogen and oxygen atoms in total. The molecule has 4 heteroatoms. The Morgan fingerprint density at radius 1 is 1.57 bits per heavy atom. The number of rotatable bonds is 2. The van der Waals surface area contributed by atoms with E-state index in [1.807, 2.05) is 28.7 Å². The maximum absolute atomic E-state index is 11.3. The van der Waals surface area contributed by atoms with Gasteiger partial charge in [0.25, 0.3) is 0 Å². The third kappa shape index (κ3) is 1.87. The van der Waals surface area contributed by atoms with E-state index in [1.165, 1.54) is 14.0 Å². The van der Waals surface area contributed by atoms with Crippen molar-refractivity contribution in [3.63, 3.8) is 0 Å². The van der Waals surface area contributed by atoms with Crippen LogP contribution in [0.5, 0.6) is 5.75 Å². The third-order valence-corrected chi connectivity index (χ3v) is 2.87. The number of nitriles is 1. The molecular weight excluding hydrogens is 293 g/mol. The van der Waals surface area contributed by atoms with Gasteiger partial charge >= 0.3 is 0 Å². The molecule has 0 heterocycles. The van der Waals surface area contributed by atoms with Crippen molar-refractivity contribution in [1.29, 1.82) is 5.26 Å². The summed E-state index contributed by atoms with van der Waals surface area (Å²) in [6.45, 7) is 1.44. The maximum Gasteiger partial charge on any atom is 0.162 e. The van der Waals surface area contributed by atoms with Crippen LogP contribution in [0.3, 0.4) is 0 Å². The van der Waals surface area contributed by atoms with Crippen molar-refractivity contribution in [2.45, 2.75) is 6.92 Å². The summed E-state index contributed by atoms with van der Waals surface area (Å²) in [5.41, 5.74) is 0.829. The molecule has 1 aromatic rings. The molecule has 0 unspecified atom stereocenters. The average molecular weight is 301 g/mol. The number of hydrogen-bond acceptors (Lipinski definition) is 3. The highest BCUT2D eigenvalue weighted by Crippen LogP contribution is 2.27. The first-order chi connectivity index (χ1) is 6.61. The van der Waals surface area contributed by atoms with Gasteiger partial charge in [0.15, 0.2) is 5.78 Å². The Hall–Kier alpha value is -1.09. The predicted molar refractivity (Wildman–Crippen MR) is 60.4 cm³/mol. The van der Waals surface area contributed by atoms with Gasteiger partial charge in [-0.2, -0.15) is 5.26 Å². The molecule has 0 bridgehead atoms. The summed E-state index contributed by atoms with van der Waals surface area (Å²) in [7, 11) is 1.54. The largest absolute Gasteiger partial charge is 0.496 e. The Balaban J connectivity index is 3.49. The number of nitrogens with zero attached hydrogens (tertiary/aromatic N) is 1. The lowest BCUT2D eigenvalue weighted by atomic mass is 10.1. The number of Topliss-reactive ketones (excluding diaryl/α,β-unsaturated/α-hetero) is 1. The van der Waals surface area contributed by atoms with Crippen molar-refractivity contribution in [2.24, 2.45) is 0 Å². The zero-order valence-electron chi connectivity index (χ0n) is 7.80. The van der Waals surface area contributed by atoms with Crippen LogP contribution < -0.4 is 4.74 Å². The average Bonchev–Trinajstić information content (AvgIpc) is 2.16. The highest BCUT2D eigenvalue weighted by Gasteiger charge is 2.14. The molecule has 72 valence electrons. The second-order valence-corrected chi connectivity index (χ2v) is 3.75. The number of carbonyl (C=O) groups excluding carboxylic acids is 1. The normalized spacial score (nSPS) is 9.29. The van der Waals surface area contributed by atoms with E-state index in [2.05, 4.69) is 0 Å².